The highest BCUT2D eigenvalue weighted by Gasteiger charge is 2.12. The maximum atomic E-state index is 11.2. The van der Waals surface area contributed by atoms with Gasteiger partial charge in [0.25, 0.3) is 0 Å². The molecule has 0 radical (unpaired) electrons. The number of hydrogen-bond acceptors (Lipinski definition) is 4. The molecule has 0 aromatic rings. The average molecular weight is 292 g/mol. The molecule has 0 fully saturated rings. The van der Waals surface area contributed by atoms with Crippen molar-refractivity contribution in [3.05, 3.63) is 35.6 Å². The predicted molar refractivity (Wildman–Crippen MR) is 83.6 cm³/mol. The van der Waals surface area contributed by atoms with Gasteiger partial charge in [-0.25, -0.2) is 0 Å². The Hall–Kier alpha value is -2.17. The minimum absolute atomic E-state index is 0.0921. The van der Waals surface area contributed by atoms with Gasteiger partial charge in [0, 0.05) is 32.3 Å². The minimum Gasteiger partial charge on any atom is -0.371 e. The molecule has 21 heavy (non-hydrogen) atoms. The topological polar surface area (TPSA) is 66.5 Å². The van der Waals surface area contributed by atoms with Gasteiger partial charge < -0.3 is 15.0 Å². The number of likely N-dealkylation sites (N-methyl/N-ethyl adjacent to an activating group) is 1. The van der Waals surface area contributed by atoms with E-state index < -0.39 is 0 Å². The van der Waals surface area contributed by atoms with E-state index >= 15 is 0 Å². The average Bonchev–Trinajstić information content (AvgIpc) is 2.51. The van der Waals surface area contributed by atoms with E-state index in [0.29, 0.717) is 18.4 Å². The van der Waals surface area contributed by atoms with Crippen LogP contribution in [0.5, 0.6) is 0 Å². The maximum absolute atomic E-state index is 11.2. The number of nitrogens with one attached hydrogen (secondary N) is 1. The Morgan fingerprint density at radius 3 is 2.24 bits per heavy atom. The van der Waals surface area contributed by atoms with E-state index in [9.17, 15) is 14.4 Å². The number of carbonyl (C=O) groups is 3. The molecule has 5 heteroatoms. The number of rotatable bonds is 9. The Balaban J connectivity index is 4.78. The summed E-state index contributed by atoms with van der Waals surface area (Å²) in [7, 11) is 3.33. The molecule has 116 valence electrons. The first-order valence-corrected chi connectivity index (χ1v) is 6.88. The second-order valence-electron chi connectivity index (χ2n) is 4.50. The highest BCUT2D eigenvalue weighted by atomic mass is 16.1. The molecular formula is C16H24N2O3. The molecule has 1 N–H and O–H groups in total. The van der Waals surface area contributed by atoms with Gasteiger partial charge in [-0.3, -0.25) is 9.59 Å². The second-order valence-corrected chi connectivity index (χ2v) is 4.50. The van der Waals surface area contributed by atoms with Crippen molar-refractivity contribution in [3.8, 4) is 0 Å². The van der Waals surface area contributed by atoms with Gasteiger partial charge in [0.05, 0.1) is 6.04 Å². The van der Waals surface area contributed by atoms with Crippen molar-refractivity contribution in [1.82, 2.24) is 10.2 Å². The Bertz CT molecular complexity index is 450. The third kappa shape index (κ3) is 6.70. The minimum atomic E-state index is -0.373. The summed E-state index contributed by atoms with van der Waals surface area (Å²) in [6.45, 7) is 3.64. The summed E-state index contributed by atoms with van der Waals surface area (Å²) < 4.78 is 0. The van der Waals surface area contributed by atoms with Crippen LogP contribution in [0.1, 0.15) is 26.7 Å². The molecule has 0 aliphatic heterocycles. The van der Waals surface area contributed by atoms with E-state index in [1.54, 1.807) is 44.3 Å². The van der Waals surface area contributed by atoms with E-state index in [-0.39, 0.29) is 11.9 Å². The van der Waals surface area contributed by atoms with Crippen LogP contribution in [-0.4, -0.2) is 43.5 Å². The molecule has 0 rings (SSSR count). The van der Waals surface area contributed by atoms with Crippen LogP contribution in [0.15, 0.2) is 35.6 Å². The lowest BCUT2D eigenvalue weighted by Gasteiger charge is -2.21. The molecule has 0 bridgehead atoms. The number of amides is 1. The van der Waals surface area contributed by atoms with Gasteiger partial charge in [-0.2, -0.15) is 0 Å². The van der Waals surface area contributed by atoms with E-state index in [4.69, 9.17) is 0 Å². The molecule has 1 atom stereocenters. The van der Waals surface area contributed by atoms with Crippen LogP contribution in [0.3, 0.4) is 0 Å². The normalized spacial score (nSPS) is 13.9. The molecule has 0 aliphatic rings. The highest BCUT2D eigenvalue weighted by molar-refractivity contribution is 5.81. The molecule has 0 aromatic carbocycles. The Morgan fingerprint density at radius 1 is 1.19 bits per heavy atom. The summed E-state index contributed by atoms with van der Waals surface area (Å²) in [5.41, 5.74) is 1.38. The Morgan fingerprint density at radius 2 is 1.81 bits per heavy atom. The molecule has 0 aliphatic carbocycles. The second kappa shape index (κ2) is 10.6. The van der Waals surface area contributed by atoms with Crippen LogP contribution in [0.2, 0.25) is 0 Å². The number of aldehydes is 2. The largest absolute Gasteiger partial charge is 0.371 e. The molecule has 5 nitrogen and oxygen atoms in total. The zero-order chi connectivity index (χ0) is 16.3. The highest BCUT2D eigenvalue weighted by Crippen LogP contribution is 2.11. The van der Waals surface area contributed by atoms with Gasteiger partial charge in [0.1, 0.15) is 12.6 Å². The zero-order valence-corrected chi connectivity index (χ0v) is 13.1. The van der Waals surface area contributed by atoms with Gasteiger partial charge in [0.2, 0.25) is 5.91 Å². The first kappa shape index (κ1) is 18.8. The standard InChI is InChI=1S/C16H24N2O3/c1-5-13(14(6-2)11-19)9-10-18(4)15(12-20)7-8-16(21)17-3/h5-6,9-12,15H,7-8H2,1-4H3,(H,17,21)/b10-9-,13-5-,14-6-. The van der Waals surface area contributed by atoms with Crippen molar-refractivity contribution in [2.45, 2.75) is 32.7 Å². The smallest absolute Gasteiger partial charge is 0.219 e. The van der Waals surface area contributed by atoms with Gasteiger partial charge in [-0.05, 0) is 31.9 Å². The molecule has 0 saturated carbocycles. The van der Waals surface area contributed by atoms with Crippen molar-refractivity contribution >= 4 is 18.5 Å². The number of hydrogen-bond donors (Lipinski definition) is 1. The fourth-order valence-corrected chi connectivity index (χ4v) is 1.74. The fraction of sp³-hybridized carbons (Fsp3) is 0.438. The molecule has 1 amide bonds. The Labute approximate surface area is 126 Å². The van der Waals surface area contributed by atoms with Gasteiger partial charge in [-0.1, -0.05) is 12.2 Å². The molecule has 0 heterocycles. The summed E-state index contributed by atoms with van der Waals surface area (Å²) in [5, 5.41) is 2.53. The van der Waals surface area contributed by atoms with Crippen molar-refractivity contribution in [1.29, 1.82) is 0 Å². The maximum Gasteiger partial charge on any atom is 0.219 e. The van der Waals surface area contributed by atoms with E-state index in [2.05, 4.69) is 5.32 Å². The number of carbonyl (C=O) groups excluding carboxylic acids is 3. The first-order valence-electron chi connectivity index (χ1n) is 6.88. The van der Waals surface area contributed by atoms with Crippen molar-refractivity contribution in [2.24, 2.45) is 0 Å². The van der Waals surface area contributed by atoms with Gasteiger partial charge >= 0.3 is 0 Å². The third-order valence-corrected chi connectivity index (χ3v) is 3.20. The molecular weight excluding hydrogens is 268 g/mol. The summed E-state index contributed by atoms with van der Waals surface area (Å²) in [6, 6.07) is -0.373. The van der Waals surface area contributed by atoms with Crippen LogP contribution in [-0.2, 0) is 14.4 Å². The lowest BCUT2D eigenvalue weighted by molar-refractivity contribution is -0.121. The van der Waals surface area contributed by atoms with Crippen molar-refractivity contribution in [2.75, 3.05) is 14.1 Å². The van der Waals surface area contributed by atoms with Crippen LogP contribution >= 0.6 is 0 Å². The van der Waals surface area contributed by atoms with E-state index in [0.717, 1.165) is 18.1 Å². The van der Waals surface area contributed by atoms with Crippen LogP contribution < -0.4 is 5.32 Å². The first-order chi connectivity index (χ1) is 10.0. The summed E-state index contributed by atoms with van der Waals surface area (Å²) >= 11 is 0. The van der Waals surface area contributed by atoms with E-state index in [1.165, 1.54) is 0 Å². The molecule has 0 spiro atoms. The fourth-order valence-electron chi connectivity index (χ4n) is 1.74. The summed E-state index contributed by atoms with van der Waals surface area (Å²) in [6.07, 6.45) is 9.43. The van der Waals surface area contributed by atoms with Crippen molar-refractivity contribution < 1.29 is 14.4 Å². The molecule has 0 aromatic heterocycles. The number of allylic oxidation sites excluding steroid dienone is 5. The van der Waals surface area contributed by atoms with Crippen LogP contribution in [0, 0.1) is 0 Å². The van der Waals surface area contributed by atoms with Crippen molar-refractivity contribution in [3.63, 3.8) is 0 Å². The SMILES string of the molecule is C/C=C(/C=C\N(C)C(C=O)CCC(=O)NC)C(\C=O)=C/C. The summed E-state index contributed by atoms with van der Waals surface area (Å²) in [4.78, 5) is 35.0. The van der Waals surface area contributed by atoms with Crippen LogP contribution in [0.25, 0.3) is 0 Å². The molecule has 1 unspecified atom stereocenters. The summed E-state index contributed by atoms with van der Waals surface area (Å²) in [5.74, 6) is -0.0921. The lowest BCUT2D eigenvalue weighted by atomic mass is 10.1. The van der Waals surface area contributed by atoms with Gasteiger partial charge in [-0.15, -0.1) is 0 Å². The number of nitrogens with zero attached hydrogens (tertiary/aromatic N) is 1. The van der Waals surface area contributed by atoms with Gasteiger partial charge in [0.15, 0.2) is 0 Å². The Kier molecular flexibility index (Phi) is 9.50. The zero-order valence-electron chi connectivity index (χ0n) is 13.1. The third-order valence-electron chi connectivity index (χ3n) is 3.20. The quantitative estimate of drug-likeness (QED) is 0.398. The predicted octanol–water partition coefficient (Wildman–Crippen LogP) is 1.62. The lowest BCUT2D eigenvalue weighted by Crippen LogP contribution is -2.30. The van der Waals surface area contributed by atoms with Crippen LogP contribution in [0.4, 0.5) is 0 Å². The molecule has 0 saturated heterocycles. The monoisotopic (exact) mass is 292 g/mol. The van der Waals surface area contributed by atoms with E-state index in [1.807, 2.05) is 13.0 Å².